The topological polar surface area (TPSA) is 42.0 Å². The fourth-order valence-corrected chi connectivity index (χ4v) is 4.11. The van der Waals surface area contributed by atoms with Gasteiger partial charge in [-0.25, -0.2) is 0 Å². The number of esters is 1. The fourth-order valence-electron chi connectivity index (χ4n) is 4.11. The molecule has 0 atom stereocenters. The average Bonchev–Trinajstić information content (AvgIpc) is 2.69. The fraction of sp³-hybridized carbons (Fsp3) is 0.667. The van der Waals surface area contributed by atoms with Crippen molar-refractivity contribution in [3.8, 4) is 0 Å². The Morgan fingerprint density at radius 2 is 1.88 bits per heavy atom. The summed E-state index contributed by atoms with van der Waals surface area (Å²) in [5, 5.41) is 0. The monoisotopic (exact) mass is 360 g/mol. The van der Waals surface area contributed by atoms with Crippen molar-refractivity contribution < 1.29 is 14.3 Å². The van der Waals surface area contributed by atoms with Crippen molar-refractivity contribution in [2.24, 2.45) is 0 Å². The van der Waals surface area contributed by atoms with Gasteiger partial charge in [0.15, 0.2) is 0 Å². The minimum atomic E-state index is -0.145. The number of piperidine rings is 1. The molecule has 5 nitrogen and oxygen atoms in total. The number of nitrogens with zero attached hydrogens (tertiary/aromatic N) is 2. The molecule has 2 heterocycles. The molecule has 0 radical (unpaired) electrons. The van der Waals surface area contributed by atoms with E-state index in [1.807, 2.05) is 6.92 Å². The highest BCUT2D eigenvalue weighted by molar-refractivity contribution is 5.73. The number of morpholine rings is 1. The summed E-state index contributed by atoms with van der Waals surface area (Å²) in [7, 11) is 0. The Morgan fingerprint density at radius 3 is 2.54 bits per heavy atom. The summed E-state index contributed by atoms with van der Waals surface area (Å²) in [5.41, 5.74) is 3.71. The van der Waals surface area contributed by atoms with Crippen LogP contribution in [-0.4, -0.2) is 62.9 Å². The van der Waals surface area contributed by atoms with Gasteiger partial charge in [-0.15, -0.1) is 0 Å². The predicted octanol–water partition coefficient (Wildman–Crippen LogP) is 2.66. The van der Waals surface area contributed by atoms with Gasteiger partial charge in [0, 0.05) is 37.9 Å². The molecule has 0 unspecified atom stereocenters. The molecule has 26 heavy (non-hydrogen) atoms. The first kappa shape index (κ1) is 19.2. The van der Waals surface area contributed by atoms with Crippen molar-refractivity contribution in [2.75, 3.05) is 50.9 Å². The van der Waals surface area contributed by atoms with Gasteiger partial charge < -0.3 is 14.4 Å². The number of ether oxygens (including phenoxy) is 2. The third kappa shape index (κ3) is 4.77. The summed E-state index contributed by atoms with van der Waals surface area (Å²) in [6.07, 6.45) is 3.77. The molecule has 144 valence electrons. The standard InChI is InChI=1S/C21H32N2O3/c1-3-18-6-5-17(16-21(24)26-4-2)15-20(18)23-9-7-19(8-10-23)22-11-13-25-14-12-22/h5-6,15,19H,3-4,7-14,16H2,1-2H3. The van der Waals surface area contributed by atoms with Gasteiger partial charge in [0.2, 0.25) is 0 Å². The number of rotatable bonds is 6. The second-order valence-electron chi connectivity index (χ2n) is 7.16. The smallest absolute Gasteiger partial charge is 0.310 e. The van der Waals surface area contributed by atoms with Crippen molar-refractivity contribution in [3.63, 3.8) is 0 Å². The summed E-state index contributed by atoms with van der Waals surface area (Å²) in [6.45, 7) is 10.5. The second-order valence-corrected chi connectivity index (χ2v) is 7.16. The summed E-state index contributed by atoms with van der Waals surface area (Å²) in [6, 6.07) is 7.13. The van der Waals surface area contributed by atoms with E-state index in [4.69, 9.17) is 9.47 Å². The second kappa shape index (κ2) is 9.38. The largest absolute Gasteiger partial charge is 0.466 e. The molecule has 0 bridgehead atoms. The number of aryl methyl sites for hydroxylation is 1. The lowest BCUT2D eigenvalue weighted by molar-refractivity contribution is -0.142. The molecule has 2 saturated heterocycles. The molecule has 0 aromatic heterocycles. The van der Waals surface area contributed by atoms with Crippen LogP contribution in [0.2, 0.25) is 0 Å². The maximum absolute atomic E-state index is 11.8. The lowest BCUT2D eigenvalue weighted by atomic mass is 9.99. The van der Waals surface area contributed by atoms with Crippen LogP contribution in [0.15, 0.2) is 18.2 Å². The third-order valence-corrected chi connectivity index (χ3v) is 5.55. The molecule has 3 rings (SSSR count). The van der Waals surface area contributed by atoms with Crippen LogP contribution in [0.1, 0.15) is 37.8 Å². The van der Waals surface area contributed by atoms with Gasteiger partial charge in [-0.1, -0.05) is 19.1 Å². The summed E-state index contributed by atoms with van der Waals surface area (Å²) in [4.78, 5) is 16.9. The van der Waals surface area contributed by atoms with E-state index in [0.29, 0.717) is 19.1 Å². The molecule has 0 amide bonds. The minimum Gasteiger partial charge on any atom is -0.466 e. The number of hydrogen-bond acceptors (Lipinski definition) is 5. The lowest BCUT2D eigenvalue weighted by Crippen LogP contribution is -2.49. The molecule has 5 heteroatoms. The molecule has 2 aliphatic heterocycles. The van der Waals surface area contributed by atoms with Crippen molar-refractivity contribution in [1.82, 2.24) is 4.90 Å². The molecule has 1 aromatic rings. The normalized spacial score (nSPS) is 19.5. The van der Waals surface area contributed by atoms with Crippen LogP contribution in [0.3, 0.4) is 0 Å². The maximum atomic E-state index is 11.8. The maximum Gasteiger partial charge on any atom is 0.310 e. The number of anilines is 1. The zero-order valence-corrected chi connectivity index (χ0v) is 16.2. The molecule has 0 spiro atoms. The Bertz CT molecular complexity index is 591. The van der Waals surface area contributed by atoms with Crippen molar-refractivity contribution in [1.29, 1.82) is 0 Å². The van der Waals surface area contributed by atoms with Gasteiger partial charge in [-0.3, -0.25) is 9.69 Å². The van der Waals surface area contributed by atoms with Crippen LogP contribution >= 0.6 is 0 Å². The van der Waals surface area contributed by atoms with E-state index < -0.39 is 0 Å². The average molecular weight is 360 g/mol. The van der Waals surface area contributed by atoms with Crippen LogP contribution in [0.25, 0.3) is 0 Å². The van der Waals surface area contributed by atoms with Crippen molar-refractivity contribution in [3.05, 3.63) is 29.3 Å². The summed E-state index contributed by atoms with van der Waals surface area (Å²) < 4.78 is 10.6. The Balaban J connectivity index is 1.65. The van der Waals surface area contributed by atoms with Crippen LogP contribution in [0.5, 0.6) is 0 Å². The molecule has 0 N–H and O–H groups in total. The van der Waals surface area contributed by atoms with Crippen LogP contribution in [-0.2, 0) is 27.1 Å². The highest BCUT2D eigenvalue weighted by atomic mass is 16.5. The minimum absolute atomic E-state index is 0.145. The molecule has 0 saturated carbocycles. The quantitative estimate of drug-likeness (QED) is 0.730. The Hall–Kier alpha value is -1.59. The van der Waals surface area contributed by atoms with E-state index in [9.17, 15) is 4.79 Å². The molecular formula is C21H32N2O3. The number of carbonyl (C=O) groups is 1. The molecular weight excluding hydrogens is 328 g/mol. The number of hydrogen-bond donors (Lipinski definition) is 0. The zero-order valence-electron chi connectivity index (χ0n) is 16.2. The molecule has 2 fully saturated rings. The molecule has 1 aromatic carbocycles. The van der Waals surface area contributed by atoms with E-state index in [1.54, 1.807) is 0 Å². The third-order valence-electron chi connectivity index (χ3n) is 5.55. The van der Waals surface area contributed by atoms with Gasteiger partial charge in [0.05, 0.1) is 26.2 Å². The van der Waals surface area contributed by atoms with Gasteiger partial charge in [-0.05, 0) is 43.4 Å². The van der Waals surface area contributed by atoms with E-state index in [-0.39, 0.29) is 5.97 Å². The number of benzene rings is 1. The summed E-state index contributed by atoms with van der Waals surface area (Å²) in [5.74, 6) is -0.145. The number of carbonyl (C=O) groups excluding carboxylic acids is 1. The van der Waals surface area contributed by atoms with Gasteiger partial charge in [0.1, 0.15) is 0 Å². The van der Waals surface area contributed by atoms with Crippen LogP contribution < -0.4 is 4.90 Å². The first-order valence-electron chi connectivity index (χ1n) is 10.1. The van der Waals surface area contributed by atoms with E-state index in [1.165, 1.54) is 24.1 Å². The van der Waals surface area contributed by atoms with Gasteiger partial charge in [0.25, 0.3) is 0 Å². The first-order chi connectivity index (χ1) is 12.7. The first-order valence-corrected chi connectivity index (χ1v) is 10.1. The van der Waals surface area contributed by atoms with E-state index in [0.717, 1.165) is 51.4 Å². The van der Waals surface area contributed by atoms with Gasteiger partial charge >= 0.3 is 5.97 Å². The Kier molecular flexibility index (Phi) is 6.92. The Morgan fingerprint density at radius 1 is 1.15 bits per heavy atom. The van der Waals surface area contributed by atoms with Crippen molar-refractivity contribution in [2.45, 2.75) is 45.6 Å². The zero-order chi connectivity index (χ0) is 18.4. The highest BCUT2D eigenvalue weighted by Gasteiger charge is 2.26. The SMILES string of the molecule is CCOC(=O)Cc1ccc(CC)c(N2CCC(N3CCOCC3)CC2)c1. The van der Waals surface area contributed by atoms with E-state index in [2.05, 4.69) is 34.9 Å². The molecule has 2 aliphatic rings. The van der Waals surface area contributed by atoms with Crippen LogP contribution in [0, 0.1) is 0 Å². The summed E-state index contributed by atoms with van der Waals surface area (Å²) >= 11 is 0. The predicted molar refractivity (Wildman–Crippen MR) is 104 cm³/mol. The van der Waals surface area contributed by atoms with Crippen LogP contribution in [0.4, 0.5) is 5.69 Å². The molecule has 0 aliphatic carbocycles. The lowest BCUT2D eigenvalue weighted by Gasteiger charge is -2.41. The van der Waals surface area contributed by atoms with Crippen molar-refractivity contribution >= 4 is 11.7 Å². The van der Waals surface area contributed by atoms with Gasteiger partial charge in [-0.2, -0.15) is 0 Å². The Labute approximate surface area is 157 Å². The highest BCUT2D eigenvalue weighted by Crippen LogP contribution is 2.28. The van der Waals surface area contributed by atoms with E-state index >= 15 is 0 Å².